The average molecular weight is 456 g/mol. The predicted octanol–water partition coefficient (Wildman–Crippen LogP) is 2.25. The Kier molecular flexibility index (Phi) is 6.38. The minimum Gasteiger partial charge on any atom is -0.489 e. The molecule has 0 radical (unpaired) electrons. The average Bonchev–Trinajstić information content (AvgIpc) is 3.39. The second-order valence-electron chi connectivity index (χ2n) is 9.56. The monoisotopic (exact) mass is 455 g/mol. The minimum atomic E-state index is -0.592. The van der Waals surface area contributed by atoms with E-state index >= 15 is 0 Å². The minimum absolute atomic E-state index is 0.148. The second kappa shape index (κ2) is 9.43. The van der Waals surface area contributed by atoms with Gasteiger partial charge in [-0.3, -0.25) is 24.6 Å². The van der Waals surface area contributed by atoms with Gasteiger partial charge in [-0.2, -0.15) is 0 Å². The molecule has 1 N–H and O–H groups in total. The fraction of sp³-hybridized carbons (Fsp3) is 0.640. The third-order valence-corrected chi connectivity index (χ3v) is 7.55. The number of rotatable bonds is 6. The number of carbonyl (C=O) groups is 3. The van der Waals surface area contributed by atoms with Crippen LogP contribution in [0.4, 0.5) is 0 Å². The van der Waals surface area contributed by atoms with Gasteiger partial charge in [0.15, 0.2) is 0 Å². The molecule has 8 heteroatoms. The van der Waals surface area contributed by atoms with E-state index in [9.17, 15) is 14.4 Å². The van der Waals surface area contributed by atoms with E-state index in [1.165, 1.54) is 0 Å². The first kappa shape index (κ1) is 22.3. The third-order valence-electron chi connectivity index (χ3n) is 7.55. The molecule has 5 rings (SSSR count). The Hall–Kier alpha value is -2.45. The lowest BCUT2D eigenvalue weighted by Gasteiger charge is -2.38. The first-order valence-electron chi connectivity index (χ1n) is 12.3. The molecule has 1 aliphatic carbocycles. The summed E-state index contributed by atoms with van der Waals surface area (Å²) in [5.41, 5.74) is 1.50. The number of nitrogens with zero attached hydrogens (tertiary/aromatic N) is 2. The summed E-state index contributed by atoms with van der Waals surface area (Å²) in [6.07, 6.45) is 6.66. The fourth-order valence-electron chi connectivity index (χ4n) is 5.87. The number of nitrogens with one attached hydrogen (secondary N) is 1. The fourth-order valence-corrected chi connectivity index (χ4v) is 5.87. The van der Waals surface area contributed by atoms with Crippen LogP contribution in [-0.2, 0) is 20.9 Å². The van der Waals surface area contributed by atoms with Gasteiger partial charge in [-0.1, -0.05) is 0 Å². The molecule has 0 spiro atoms. The molecule has 3 aliphatic heterocycles. The summed E-state index contributed by atoms with van der Waals surface area (Å²) in [7, 11) is 0. The molecule has 3 heterocycles. The van der Waals surface area contributed by atoms with Crippen molar-refractivity contribution in [1.82, 2.24) is 15.1 Å². The van der Waals surface area contributed by atoms with Crippen LogP contribution in [0.2, 0.25) is 0 Å². The van der Waals surface area contributed by atoms with Crippen LogP contribution in [0.3, 0.4) is 0 Å². The van der Waals surface area contributed by atoms with Crippen LogP contribution in [0, 0.1) is 0 Å². The molecule has 2 saturated heterocycles. The molecule has 3 amide bonds. The highest BCUT2D eigenvalue weighted by molar-refractivity contribution is 6.05. The van der Waals surface area contributed by atoms with Crippen LogP contribution >= 0.6 is 0 Å². The van der Waals surface area contributed by atoms with E-state index in [0.717, 1.165) is 63.1 Å². The molecule has 1 unspecified atom stereocenters. The van der Waals surface area contributed by atoms with Crippen molar-refractivity contribution in [2.24, 2.45) is 0 Å². The van der Waals surface area contributed by atoms with E-state index in [4.69, 9.17) is 9.47 Å². The Morgan fingerprint density at radius 1 is 1.06 bits per heavy atom. The second-order valence-corrected chi connectivity index (χ2v) is 9.56. The first-order chi connectivity index (χ1) is 16.0. The number of ether oxygens (including phenoxy) is 2. The van der Waals surface area contributed by atoms with E-state index < -0.39 is 6.04 Å². The molecular weight excluding hydrogens is 422 g/mol. The van der Waals surface area contributed by atoms with E-state index in [1.807, 2.05) is 18.2 Å². The smallest absolute Gasteiger partial charge is 0.255 e. The lowest BCUT2D eigenvalue weighted by Crippen LogP contribution is -2.52. The molecule has 8 nitrogen and oxygen atoms in total. The number of fused-ring (bicyclic) bond motifs is 1. The highest BCUT2D eigenvalue weighted by Gasteiger charge is 2.40. The van der Waals surface area contributed by atoms with E-state index in [1.54, 1.807) is 4.90 Å². The molecule has 1 aromatic rings. The number of amides is 3. The van der Waals surface area contributed by atoms with Gasteiger partial charge < -0.3 is 14.4 Å². The van der Waals surface area contributed by atoms with Crippen molar-refractivity contribution in [3.05, 3.63) is 29.3 Å². The van der Waals surface area contributed by atoms with Gasteiger partial charge in [0.1, 0.15) is 17.9 Å². The van der Waals surface area contributed by atoms with Crippen LogP contribution in [0.15, 0.2) is 18.2 Å². The zero-order valence-corrected chi connectivity index (χ0v) is 19.3. The van der Waals surface area contributed by atoms with Crippen molar-refractivity contribution in [2.75, 3.05) is 19.7 Å². The zero-order chi connectivity index (χ0) is 22.9. The largest absolute Gasteiger partial charge is 0.489 e. The molecule has 33 heavy (non-hydrogen) atoms. The van der Waals surface area contributed by atoms with Gasteiger partial charge in [0.05, 0.1) is 6.10 Å². The van der Waals surface area contributed by atoms with E-state index in [-0.39, 0.29) is 30.2 Å². The van der Waals surface area contributed by atoms with Gasteiger partial charge >= 0.3 is 0 Å². The van der Waals surface area contributed by atoms with Crippen molar-refractivity contribution < 1.29 is 23.9 Å². The summed E-state index contributed by atoms with van der Waals surface area (Å²) >= 11 is 0. The SMILES string of the molecule is CCOC1CCN([C@H]2CCC[C@H]2Oc2ccc3c(c2)CN(C2CCC(=O)NC2=O)C3=O)CC1. The Bertz CT molecular complexity index is 927. The topological polar surface area (TPSA) is 88.2 Å². The zero-order valence-electron chi connectivity index (χ0n) is 19.3. The first-order valence-corrected chi connectivity index (χ1v) is 12.3. The maximum atomic E-state index is 12.9. The Labute approximate surface area is 194 Å². The normalized spacial score (nSPS) is 28.8. The quantitative estimate of drug-likeness (QED) is 0.662. The van der Waals surface area contributed by atoms with Crippen LogP contribution in [-0.4, -0.2) is 71.5 Å². The van der Waals surface area contributed by atoms with E-state index in [2.05, 4.69) is 17.1 Å². The maximum absolute atomic E-state index is 12.9. The van der Waals surface area contributed by atoms with Gasteiger partial charge in [0, 0.05) is 44.3 Å². The van der Waals surface area contributed by atoms with Crippen LogP contribution in [0.5, 0.6) is 5.75 Å². The number of piperidine rings is 2. The summed E-state index contributed by atoms with van der Waals surface area (Å²) < 4.78 is 12.3. The molecule has 3 fully saturated rings. The summed E-state index contributed by atoms with van der Waals surface area (Å²) in [5, 5.41) is 2.35. The van der Waals surface area contributed by atoms with Gasteiger partial charge in [-0.25, -0.2) is 0 Å². The number of hydrogen-bond acceptors (Lipinski definition) is 6. The molecule has 1 aromatic carbocycles. The predicted molar refractivity (Wildman–Crippen MR) is 121 cm³/mol. The highest BCUT2D eigenvalue weighted by atomic mass is 16.5. The van der Waals surface area contributed by atoms with Crippen molar-refractivity contribution in [2.45, 2.75) is 82.7 Å². The number of carbonyl (C=O) groups excluding carboxylic acids is 3. The molecule has 0 aromatic heterocycles. The number of likely N-dealkylation sites (tertiary alicyclic amines) is 1. The highest BCUT2D eigenvalue weighted by Crippen LogP contribution is 2.34. The molecular formula is C25H33N3O5. The number of imide groups is 1. The Balaban J connectivity index is 1.23. The Morgan fingerprint density at radius 2 is 1.88 bits per heavy atom. The molecule has 0 bridgehead atoms. The van der Waals surface area contributed by atoms with Gasteiger partial charge in [0.2, 0.25) is 11.8 Å². The number of benzene rings is 1. The lowest BCUT2D eigenvalue weighted by molar-refractivity contribution is -0.136. The van der Waals surface area contributed by atoms with Gasteiger partial charge in [-0.05, 0) is 69.2 Å². The standard InChI is InChI=1S/C25H33N3O5/c1-2-32-17-10-12-27(13-11-17)20-4-3-5-22(20)33-18-6-7-19-16(14-18)15-28(25(19)31)21-8-9-23(29)26-24(21)30/h6-7,14,17,20-22H,2-5,8-13,15H2,1H3,(H,26,29,30)/t20-,21?,22+/m0/s1. The van der Waals surface area contributed by atoms with Crippen LogP contribution < -0.4 is 10.1 Å². The maximum Gasteiger partial charge on any atom is 0.255 e. The summed E-state index contributed by atoms with van der Waals surface area (Å²) in [5.74, 6) is -0.0233. The lowest BCUT2D eigenvalue weighted by atomic mass is 10.0. The van der Waals surface area contributed by atoms with E-state index in [0.29, 0.717) is 30.7 Å². The number of hydrogen-bond donors (Lipinski definition) is 1. The molecule has 1 saturated carbocycles. The van der Waals surface area contributed by atoms with Crippen LogP contribution in [0.1, 0.15) is 67.8 Å². The third kappa shape index (κ3) is 4.51. The molecule has 3 atom stereocenters. The summed E-state index contributed by atoms with van der Waals surface area (Å²) in [6.45, 7) is 5.31. The van der Waals surface area contributed by atoms with Crippen molar-refractivity contribution in [3.63, 3.8) is 0 Å². The summed E-state index contributed by atoms with van der Waals surface area (Å²) in [4.78, 5) is 40.8. The van der Waals surface area contributed by atoms with Crippen molar-refractivity contribution >= 4 is 17.7 Å². The summed E-state index contributed by atoms with van der Waals surface area (Å²) in [6, 6.07) is 5.47. The van der Waals surface area contributed by atoms with Gasteiger partial charge in [-0.15, -0.1) is 0 Å². The Morgan fingerprint density at radius 3 is 2.64 bits per heavy atom. The van der Waals surface area contributed by atoms with Crippen molar-refractivity contribution in [3.8, 4) is 5.75 Å². The van der Waals surface area contributed by atoms with Crippen molar-refractivity contribution in [1.29, 1.82) is 0 Å². The molecule has 4 aliphatic rings. The van der Waals surface area contributed by atoms with Crippen LogP contribution in [0.25, 0.3) is 0 Å². The molecule has 178 valence electrons. The van der Waals surface area contributed by atoms with Gasteiger partial charge in [0.25, 0.3) is 5.91 Å².